The smallest absolute Gasteiger partial charge is 0.234 e. The number of benzene rings is 3. The van der Waals surface area contributed by atoms with Crippen LogP contribution in [0.2, 0.25) is 5.02 Å². The fourth-order valence-corrected chi connectivity index (χ4v) is 4.18. The maximum Gasteiger partial charge on any atom is 0.234 e. The molecule has 4 rings (SSSR count). The fourth-order valence-electron chi connectivity index (χ4n) is 3.20. The second-order valence-corrected chi connectivity index (χ2v) is 8.69. The van der Waals surface area contributed by atoms with Crippen LogP contribution in [0.5, 0.6) is 0 Å². The number of aryl methyl sites for hydroxylation is 2. The molecule has 1 aromatic heterocycles. The molecule has 0 saturated heterocycles. The van der Waals surface area contributed by atoms with Crippen LogP contribution in [0, 0.1) is 13.8 Å². The Balaban J connectivity index is 1.60. The van der Waals surface area contributed by atoms with Crippen molar-refractivity contribution in [3.63, 3.8) is 0 Å². The Morgan fingerprint density at radius 1 is 1.00 bits per heavy atom. The van der Waals surface area contributed by atoms with Crippen LogP contribution in [0.3, 0.4) is 0 Å². The van der Waals surface area contributed by atoms with Crippen molar-refractivity contribution in [2.24, 2.45) is 0 Å². The minimum absolute atomic E-state index is 0.109. The van der Waals surface area contributed by atoms with E-state index in [-0.39, 0.29) is 11.7 Å². The monoisotopic (exact) mass is 447 g/mol. The van der Waals surface area contributed by atoms with Gasteiger partial charge in [-0.3, -0.25) is 9.36 Å². The van der Waals surface area contributed by atoms with E-state index in [0.717, 1.165) is 22.1 Å². The summed E-state index contributed by atoms with van der Waals surface area (Å²) in [7, 11) is 0. The zero-order valence-electron chi connectivity index (χ0n) is 17.3. The number of rotatable bonds is 6. The van der Waals surface area contributed by atoms with E-state index >= 15 is 0 Å². The van der Waals surface area contributed by atoms with E-state index in [9.17, 15) is 4.79 Å². The minimum Gasteiger partial charge on any atom is -0.325 e. The van der Waals surface area contributed by atoms with Crippen LogP contribution < -0.4 is 5.32 Å². The summed E-state index contributed by atoms with van der Waals surface area (Å²) in [6.45, 7) is 4.13. The van der Waals surface area contributed by atoms with Crippen LogP contribution in [-0.2, 0) is 4.79 Å². The molecule has 4 aromatic rings. The Labute approximate surface area is 191 Å². The van der Waals surface area contributed by atoms with E-state index in [2.05, 4.69) is 77.2 Å². The third-order valence-corrected chi connectivity index (χ3v) is 6.00. The molecule has 31 heavy (non-hydrogen) atoms. The Morgan fingerprint density at radius 2 is 1.68 bits per heavy atom. The van der Waals surface area contributed by atoms with Crippen LogP contribution in [0.1, 0.15) is 11.1 Å². The normalized spacial score (nSPS) is 10.8. The van der Waals surface area contributed by atoms with Gasteiger partial charge in [-0.15, -0.1) is 0 Å². The Kier molecular flexibility index (Phi) is 6.44. The van der Waals surface area contributed by atoms with Crippen LogP contribution in [0.15, 0.2) is 84.1 Å². The molecule has 0 atom stereocenters. The number of nitrogens with zero attached hydrogens (tertiary/aromatic N) is 2. The van der Waals surface area contributed by atoms with Gasteiger partial charge in [-0.2, -0.15) is 0 Å². The van der Waals surface area contributed by atoms with E-state index in [1.807, 2.05) is 18.3 Å². The molecule has 0 fully saturated rings. The third-order valence-electron chi connectivity index (χ3n) is 4.81. The number of imidazole rings is 1. The topological polar surface area (TPSA) is 46.9 Å². The summed E-state index contributed by atoms with van der Waals surface area (Å²) >= 11 is 7.40. The zero-order chi connectivity index (χ0) is 21.8. The Morgan fingerprint density at radius 3 is 2.35 bits per heavy atom. The Bertz CT molecular complexity index is 1200. The van der Waals surface area contributed by atoms with Gasteiger partial charge in [-0.05, 0) is 44.2 Å². The summed E-state index contributed by atoms with van der Waals surface area (Å²) in [5.41, 5.74) is 6.15. The van der Waals surface area contributed by atoms with Gasteiger partial charge in [-0.25, -0.2) is 4.98 Å². The number of hydrogen-bond donors (Lipinski definition) is 1. The predicted octanol–water partition coefficient (Wildman–Crippen LogP) is 6.54. The molecule has 156 valence electrons. The van der Waals surface area contributed by atoms with Crippen molar-refractivity contribution in [3.8, 4) is 16.9 Å². The van der Waals surface area contributed by atoms with Gasteiger partial charge in [0.15, 0.2) is 5.16 Å². The molecule has 0 aliphatic heterocycles. The molecule has 0 radical (unpaired) electrons. The summed E-state index contributed by atoms with van der Waals surface area (Å²) in [6.07, 6.45) is 1.86. The fraction of sp³-hybridized carbons (Fsp3) is 0.120. The highest BCUT2D eigenvalue weighted by Gasteiger charge is 2.16. The number of anilines is 1. The van der Waals surface area contributed by atoms with Crippen molar-refractivity contribution in [2.45, 2.75) is 19.0 Å². The van der Waals surface area contributed by atoms with Crippen LogP contribution >= 0.6 is 23.4 Å². The number of amides is 1. The molecule has 0 spiro atoms. The second kappa shape index (κ2) is 9.41. The second-order valence-electron chi connectivity index (χ2n) is 7.31. The van der Waals surface area contributed by atoms with E-state index in [4.69, 9.17) is 11.6 Å². The van der Waals surface area contributed by atoms with Gasteiger partial charge >= 0.3 is 0 Å². The third kappa shape index (κ3) is 5.19. The highest BCUT2D eigenvalue weighted by molar-refractivity contribution is 7.99. The molecule has 3 aromatic carbocycles. The highest BCUT2D eigenvalue weighted by Crippen LogP contribution is 2.30. The number of thioether (sulfide) groups is 1. The first kappa shape index (κ1) is 21.2. The van der Waals surface area contributed by atoms with Crippen LogP contribution in [0.25, 0.3) is 16.9 Å². The number of halogens is 1. The highest BCUT2D eigenvalue weighted by atomic mass is 35.5. The van der Waals surface area contributed by atoms with Gasteiger partial charge in [0.25, 0.3) is 0 Å². The lowest BCUT2D eigenvalue weighted by Gasteiger charge is -2.13. The molecule has 0 unspecified atom stereocenters. The average Bonchev–Trinajstić information content (AvgIpc) is 3.17. The van der Waals surface area contributed by atoms with Gasteiger partial charge < -0.3 is 5.32 Å². The molecule has 0 saturated carbocycles. The van der Waals surface area contributed by atoms with Crippen molar-refractivity contribution in [3.05, 3.63) is 95.1 Å². The standard InChI is InChI=1S/C25H22ClN3OS/c1-17-6-10-19(11-7-17)23-15-27-25(29(23)22-12-8-18(2)9-13-22)31-16-24(30)28-21-5-3-4-20(26)14-21/h3-15H,16H2,1-2H3,(H,28,30). The number of carbonyl (C=O) groups is 1. The Hall–Kier alpha value is -3.02. The SMILES string of the molecule is Cc1ccc(-c2cnc(SCC(=O)Nc3cccc(Cl)c3)n2-c2ccc(C)cc2)cc1. The van der Waals surface area contributed by atoms with Crippen LogP contribution in [-0.4, -0.2) is 21.2 Å². The first-order valence-corrected chi connectivity index (χ1v) is 11.3. The lowest BCUT2D eigenvalue weighted by atomic mass is 10.1. The molecular formula is C25H22ClN3OS. The maximum atomic E-state index is 12.5. The lowest BCUT2D eigenvalue weighted by Crippen LogP contribution is -2.14. The molecular weight excluding hydrogens is 426 g/mol. The maximum absolute atomic E-state index is 12.5. The molecule has 0 aliphatic carbocycles. The van der Waals surface area contributed by atoms with Gasteiger partial charge in [0.05, 0.1) is 17.6 Å². The number of hydrogen-bond acceptors (Lipinski definition) is 3. The van der Waals surface area contributed by atoms with Crippen molar-refractivity contribution in [1.82, 2.24) is 9.55 Å². The zero-order valence-corrected chi connectivity index (χ0v) is 18.9. The number of nitrogens with one attached hydrogen (secondary N) is 1. The lowest BCUT2D eigenvalue weighted by molar-refractivity contribution is -0.113. The van der Waals surface area contributed by atoms with Crippen LogP contribution in [0.4, 0.5) is 5.69 Å². The van der Waals surface area contributed by atoms with E-state index in [1.54, 1.807) is 12.1 Å². The van der Waals surface area contributed by atoms with Gasteiger partial charge in [-0.1, -0.05) is 77.0 Å². The van der Waals surface area contributed by atoms with Crippen molar-refractivity contribution in [2.75, 3.05) is 11.1 Å². The predicted molar refractivity (Wildman–Crippen MR) is 129 cm³/mol. The molecule has 1 heterocycles. The first-order chi connectivity index (χ1) is 15.0. The summed E-state index contributed by atoms with van der Waals surface area (Å²) in [5, 5.41) is 4.23. The molecule has 6 heteroatoms. The molecule has 0 aliphatic rings. The van der Waals surface area contributed by atoms with E-state index in [0.29, 0.717) is 10.7 Å². The summed E-state index contributed by atoms with van der Waals surface area (Å²) < 4.78 is 2.10. The van der Waals surface area contributed by atoms with Gasteiger partial charge in [0.1, 0.15) is 0 Å². The molecule has 1 N–H and O–H groups in total. The minimum atomic E-state index is -0.109. The number of carbonyl (C=O) groups excluding carboxylic acids is 1. The van der Waals surface area contributed by atoms with Gasteiger partial charge in [0.2, 0.25) is 5.91 Å². The average molecular weight is 448 g/mol. The summed E-state index contributed by atoms with van der Waals surface area (Å²) in [4.78, 5) is 17.1. The van der Waals surface area contributed by atoms with Gasteiger partial charge in [0, 0.05) is 22.0 Å². The first-order valence-electron chi connectivity index (χ1n) is 9.89. The van der Waals surface area contributed by atoms with Crippen molar-refractivity contribution in [1.29, 1.82) is 0 Å². The summed E-state index contributed by atoms with van der Waals surface area (Å²) in [5.74, 6) is 0.130. The quantitative estimate of drug-likeness (QED) is 0.341. The largest absolute Gasteiger partial charge is 0.325 e. The van der Waals surface area contributed by atoms with E-state index < -0.39 is 0 Å². The number of aromatic nitrogens is 2. The van der Waals surface area contributed by atoms with Crippen molar-refractivity contribution < 1.29 is 4.79 Å². The van der Waals surface area contributed by atoms with E-state index in [1.165, 1.54) is 22.9 Å². The van der Waals surface area contributed by atoms with Crippen molar-refractivity contribution >= 4 is 35.0 Å². The summed E-state index contributed by atoms with van der Waals surface area (Å²) in [6, 6.07) is 23.8. The molecule has 1 amide bonds. The molecule has 0 bridgehead atoms. The molecule has 4 nitrogen and oxygen atoms in total.